The van der Waals surface area contributed by atoms with Gasteiger partial charge in [-0.1, -0.05) is 20.8 Å². The lowest BCUT2D eigenvalue weighted by Gasteiger charge is -2.32. The van der Waals surface area contributed by atoms with Crippen LogP contribution in [0.1, 0.15) is 60.8 Å². The number of imide groups is 1. The Kier molecular flexibility index (Phi) is 5.66. The van der Waals surface area contributed by atoms with Gasteiger partial charge >= 0.3 is 6.09 Å². The topological polar surface area (TPSA) is 96.0 Å². The number of fused-ring (bicyclic) bond motifs is 1. The first-order valence-corrected chi connectivity index (χ1v) is 10.6. The summed E-state index contributed by atoms with van der Waals surface area (Å²) in [5.74, 6) is -1.11. The third-order valence-electron chi connectivity index (χ3n) is 5.94. The Morgan fingerprint density at radius 2 is 1.76 bits per heavy atom. The third-order valence-corrected chi connectivity index (χ3v) is 5.94. The molecular weight excluding hydrogens is 374 g/mol. The molecule has 0 bridgehead atoms. The fourth-order valence-electron chi connectivity index (χ4n) is 4.40. The molecule has 2 saturated heterocycles. The largest absolute Gasteiger partial charge is 0.444 e. The van der Waals surface area contributed by atoms with Gasteiger partial charge in [0.15, 0.2) is 0 Å². The molecule has 4 atom stereocenters. The minimum atomic E-state index is -0.751. The molecule has 29 heavy (non-hydrogen) atoms. The highest BCUT2D eigenvalue weighted by molar-refractivity contribution is 6.01. The van der Waals surface area contributed by atoms with Gasteiger partial charge in [0.05, 0.1) is 18.0 Å². The lowest BCUT2D eigenvalue weighted by atomic mass is 9.98. The van der Waals surface area contributed by atoms with Crippen molar-refractivity contribution in [3.63, 3.8) is 0 Å². The molecule has 0 radical (unpaired) electrons. The van der Waals surface area contributed by atoms with Crippen molar-refractivity contribution < 1.29 is 23.9 Å². The Labute approximate surface area is 172 Å². The van der Waals surface area contributed by atoms with E-state index in [9.17, 15) is 19.2 Å². The van der Waals surface area contributed by atoms with E-state index in [1.165, 1.54) is 4.90 Å². The number of likely N-dealkylation sites (tertiary alicyclic amines) is 2. The smallest absolute Gasteiger partial charge is 0.408 e. The van der Waals surface area contributed by atoms with E-state index in [1.54, 1.807) is 32.6 Å². The molecule has 3 rings (SSSR count). The van der Waals surface area contributed by atoms with Gasteiger partial charge in [-0.3, -0.25) is 19.3 Å². The van der Waals surface area contributed by atoms with Gasteiger partial charge in [-0.05, 0) is 46.0 Å². The second-order valence-electron chi connectivity index (χ2n) is 9.86. The number of rotatable bonds is 4. The summed E-state index contributed by atoms with van der Waals surface area (Å²) >= 11 is 0. The van der Waals surface area contributed by atoms with Gasteiger partial charge < -0.3 is 15.0 Å². The average molecular weight is 408 g/mol. The van der Waals surface area contributed by atoms with Crippen molar-refractivity contribution in [1.82, 2.24) is 15.1 Å². The number of alkyl carbamates (subject to hydrolysis) is 1. The van der Waals surface area contributed by atoms with Gasteiger partial charge in [-0.15, -0.1) is 0 Å². The normalized spacial score (nSPS) is 27.8. The van der Waals surface area contributed by atoms with E-state index in [0.29, 0.717) is 13.0 Å². The molecule has 3 aliphatic rings. The van der Waals surface area contributed by atoms with E-state index >= 15 is 0 Å². The van der Waals surface area contributed by atoms with E-state index in [-0.39, 0.29) is 41.6 Å². The molecule has 0 spiro atoms. The Morgan fingerprint density at radius 1 is 1.14 bits per heavy atom. The molecule has 0 aromatic heterocycles. The number of hydrogen-bond acceptors (Lipinski definition) is 5. The number of carbonyl (C=O) groups excluding carboxylic acids is 4. The molecule has 162 valence electrons. The van der Waals surface area contributed by atoms with Crippen molar-refractivity contribution in [2.24, 2.45) is 17.8 Å². The second-order valence-corrected chi connectivity index (χ2v) is 9.86. The third kappa shape index (κ3) is 4.26. The summed E-state index contributed by atoms with van der Waals surface area (Å²) in [6.07, 6.45) is 1.63. The first-order chi connectivity index (χ1) is 13.4. The van der Waals surface area contributed by atoms with E-state index in [0.717, 1.165) is 12.8 Å². The van der Waals surface area contributed by atoms with Crippen molar-refractivity contribution in [2.75, 3.05) is 6.54 Å². The molecule has 8 nitrogen and oxygen atoms in total. The van der Waals surface area contributed by atoms with Gasteiger partial charge in [-0.2, -0.15) is 0 Å². The van der Waals surface area contributed by atoms with Crippen LogP contribution in [-0.4, -0.2) is 63.9 Å². The van der Waals surface area contributed by atoms with Crippen LogP contribution < -0.4 is 5.32 Å². The summed E-state index contributed by atoms with van der Waals surface area (Å²) in [6, 6.07) is -1.35. The maximum absolute atomic E-state index is 13.3. The average Bonchev–Trinajstić information content (AvgIpc) is 3.31. The molecule has 0 aromatic carbocycles. The van der Waals surface area contributed by atoms with Crippen LogP contribution in [0, 0.1) is 17.8 Å². The van der Waals surface area contributed by atoms with E-state index < -0.39 is 23.7 Å². The van der Waals surface area contributed by atoms with Crippen molar-refractivity contribution >= 4 is 23.8 Å². The predicted octanol–water partition coefficient (Wildman–Crippen LogP) is 1.92. The lowest BCUT2D eigenvalue weighted by molar-refractivity contribution is -0.146. The van der Waals surface area contributed by atoms with Crippen LogP contribution in [0.3, 0.4) is 0 Å². The van der Waals surface area contributed by atoms with Crippen LogP contribution >= 0.6 is 0 Å². The molecule has 1 saturated carbocycles. The van der Waals surface area contributed by atoms with Crippen molar-refractivity contribution in [3.05, 3.63) is 0 Å². The molecular formula is C21H33N3O5. The van der Waals surface area contributed by atoms with Crippen LogP contribution in [0.15, 0.2) is 0 Å². The highest BCUT2D eigenvalue weighted by atomic mass is 16.6. The predicted molar refractivity (Wildman–Crippen MR) is 106 cm³/mol. The maximum atomic E-state index is 13.3. The lowest BCUT2D eigenvalue weighted by Crippen LogP contribution is -2.54. The maximum Gasteiger partial charge on any atom is 0.408 e. The van der Waals surface area contributed by atoms with Crippen LogP contribution in [-0.2, 0) is 19.1 Å². The van der Waals surface area contributed by atoms with Crippen LogP contribution in [0.2, 0.25) is 0 Å². The van der Waals surface area contributed by atoms with E-state index in [4.69, 9.17) is 4.74 Å². The van der Waals surface area contributed by atoms with Crippen molar-refractivity contribution in [1.29, 1.82) is 0 Å². The van der Waals surface area contributed by atoms with Crippen LogP contribution in [0.4, 0.5) is 4.79 Å². The molecule has 4 amide bonds. The molecule has 0 unspecified atom stereocenters. The van der Waals surface area contributed by atoms with Crippen molar-refractivity contribution in [2.45, 2.75) is 84.5 Å². The van der Waals surface area contributed by atoms with Gasteiger partial charge in [0, 0.05) is 12.5 Å². The minimum absolute atomic E-state index is 0.0353. The number of ether oxygens (including phenoxy) is 1. The summed E-state index contributed by atoms with van der Waals surface area (Å²) in [4.78, 5) is 54.1. The summed E-state index contributed by atoms with van der Waals surface area (Å²) in [6.45, 7) is 11.3. The first-order valence-electron chi connectivity index (χ1n) is 10.6. The summed E-state index contributed by atoms with van der Waals surface area (Å²) in [5.41, 5.74) is -0.663. The molecule has 8 heteroatoms. The zero-order valence-electron chi connectivity index (χ0n) is 18.2. The molecule has 0 aromatic rings. The highest BCUT2D eigenvalue weighted by Gasteiger charge is 2.57. The quantitative estimate of drug-likeness (QED) is 0.719. The summed E-state index contributed by atoms with van der Waals surface area (Å²) < 4.78 is 5.31. The van der Waals surface area contributed by atoms with E-state index in [2.05, 4.69) is 5.32 Å². The zero-order chi connectivity index (χ0) is 21.7. The zero-order valence-corrected chi connectivity index (χ0v) is 18.2. The summed E-state index contributed by atoms with van der Waals surface area (Å²) in [5, 5.41) is 2.70. The molecule has 2 aliphatic heterocycles. The highest BCUT2D eigenvalue weighted by Crippen LogP contribution is 2.41. The Morgan fingerprint density at radius 3 is 2.28 bits per heavy atom. The Balaban J connectivity index is 1.75. The Bertz CT molecular complexity index is 710. The molecule has 3 fully saturated rings. The molecule has 1 N–H and O–H groups in total. The standard InChI is InChI=1S/C21H33N3O5/c1-11(2)15(22-20(28)29-21(4,5)6)19(27)23-10-9-14-16(23)12(3)17(25)24(14)18(26)13-7-8-13/h11-16H,7-10H2,1-6H3,(H,22,28)/t12-,14-,15-,16+/m0/s1. The SMILES string of the molecule is CC(C)[C@H](NC(=O)OC(C)(C)C)C(=O)N1CC[C@H]2[C@H]1[C@H](C)C(=O)N2C(=O)C1CC1. The number of nitrogens with one attached hydrogen (secondary N) is 1. The minimum Gasteiger partial charge on any atom is -0.444 e. The molecule has 1 aliphatic carbocycles. The first kappa shape index (κ1) is 21.6. The number of nitrogens with zero attached hydrogens (tertiary/aromatic N) is 2. The van der Waals surface area contributed by atoms with Crippen molar-refractivity contribution in [3.8, 4) is 0 Å². The van der Waals surface area contributed by atoms with Crippen LogP contribution in [0.5, 0.6) is 0 Å². The van der Waals surface area contributed by atoms with Gasteiger partial charge in [-0.25, -0.2) is 4.79 Å². The van der Waals surface area contributed by atoms with Crippen LogP contribution in [0.25, 0.3) is 0 Å². The monoisotopic (exact) mass is 407 g/mol. The fourth-order valence-corrected chi connectivity index (χ4v) is 4.40. The number of hydrogen-bond donors (Lipinski definition) is 1. The second kappa shape index (κ2) is 7.61. The number of amides is 4. The van der Waals surface area contributed by atoms with Gasteiger partial charge in [0.25, 0.3) is 0 Å². The van der Waals surface area contributed by atoms with E-state index in [1.807, 2.05) is 13.8 Å². The van der Waals surface area contributed by atoms with Gasteiger partial charge in [0.1, 0.15) is 11.6 Å². The van der Waals surface area contributed by atoms with Gasteiger partial charge in [0.2, 0.25) is 17.7 Å². The Hall–Kier alpha value is -2.12. The summed E-state index contributed by atoms with van der Waals surface area (Å²) in [7, 11) is 0. The molecule has 2 heterocycles. The fraction of sp³-hybridized carbons (Fsp3) is 0.810. The number of carbonyl (C=O) groups is 4.